The molecule has 0 bridgehead atoms. The topological polar surface area (TPSA) is 44.5 Å². The van der Waals surface area contributed by atoms with Gasteiger partial charge in [0.25, 0.3) is 5.92 Å². The van der Waals surface area contributed by atoms with Gasteiger partial charge >= 0.3 is 0 Å². The van der Waals surface area contributed by atoms with Crippen molar-refractivity contribution in [3.63, 3.8) is 0 Å². The molecule has 1 aromatic rings. The van der Waals surface area contributed by atoms with Crippen molar-refractivity contribution in [1.29, 1.82) is 0 Å². The second-order valence-electron chi connectivity index (χ2n) is 5.51. The summed E-state index contributed by atoms with van der Waals surface area (Å²) in [6.07, 6.45) is 0.730. The third-order valence-electron chi connectivity index (χ3n) is 3.05. The van der Waals surface area contributed by atoms with E-state index in [1.165, 1.54) is 6.07 Å². The second-order valence-corrected chi connectivity index (χ2v) is 5.51. The molecule has 0 unspecified atom stereocenters. The molecule has 1 heterocycles. The molecule has 0 aliphatic carbocycles. The molecule has 0 spiro atoms. The quantitative estimate of drug-likeness (QED) is 0.898. The van der Waals surface area contributed by atoms with Crippen LogP contribution in [-0.4, -0.2) is 13.2 Å². The molecule has 2 N–H and O–H groups in total. The Kier molecular flexibility index (Phi) is 3.43. The molecule has 19 heavy (non-hydrogen) atoms. The fourth-order valence-electron chi connectivity index (χ4n) is 2.11. The molecule has 3 nitrogen and oxygen atoms in total. The molecule has 0 atom stereocenters. The zero-order valence-electron chi connectivity index (χ0n) is 11.4. The summed E-state index contributed by atoms with van der Waals surface area (Å²) in [5, 5.41) is 0. The maximum absolute atomic E-state index is 13.8. The Labute approximate surface area is 111 Å². The van der Waals surface area contributed by atoms with E-state index < -0.39 is 11.5 Å². The largest absolute Gasteiger partial charge is 0.490 e. The lowest BCUT2D eigenvalue weighted by molar-refractivity contribution is 0.0152. The van der Waals surface area contributed by atoms with Gasteiger partial charge in [-0.05, 0) is 31.5 Å². The first-order valence-corrected chi connectivity index (χ1v) is 6.31. The highest BCUT2D eigenvalue weighted by Crippen LogP contribution is 2.42. The monoisotopic (exact) mass is 271 g/mol. The van der Waals surface area contributed by atoms with Crippen LogP contribution >= 0.6 is 0 Å². The Bertz CT molecular complexity index is 433. The maximum atomic E-state index is 13.8. The first-order chi connectivity index (χ1) is 8.69. The van der Waals surface area contributed by atoms with Crippen LogP contribution < -0.4 is 15.2 Å². The van der Waals surface area contributed by atoms with E-state index in [-0.39, 0.29) is 5.56 Å². The van der Waals surface area contributed by atoms with Gasteiger partial charge in [-0.3, -0.25) is 0 Å². The summed E-state index contributed by atoms with van der Waals surface area (Å²) in [6.45, 7) is 5.23. The smallest absolute Gasteiger partial charge is 0.270 e. The van der Waals surface area contributed by atoms with Gasteiger partial charge in [0.1, 0.15) is 0 Å². The molecule has 1 aliphatic rings. The zero-order chi connectivity index (χ0) is 14.3. The normalized spacial score (nSPS) is 16.1. The molecule has 2 rings (SSSR count). The van der Waals surface area contributed by atoms with Crippen LogP contribution in [0, 0.1) is 0 Å². The van der Waals surface area contributed by atoms with Gasteiger partial charge in [-0.2, -0.15) is 0 Å². The average Bonchev–Trinajstić information content (AvgIpc) is 2.49. The molecule has 0 radical (unpaired) electrons. The minimum atomic E-state index is -2.98. The second kappa shape index (κ2) is 4.63. The highest BCUT2D eigenvalue weighted by molar-refractivity contribution is 5.51. The summed E-state index contributed by atoms with van der Waals surface area (Å²) in [5.41, 5.74) is 5.39. The van der Waals surface area contributed by atoms with Crippen molar-refractivity contribution in [1.82, 2.24) is 0 Å². The molecule has 0 amide bonds. The SMILES string of the molecule is CC(C)(N)c1cc2c(cc1C(C)(F)F)OCCCO2. The molecule has 0 fully saturated rings. The summed E-state index contributed by atoms with van der Waals surface area (Å²) in [5.74, 6) is -2.13. The van der Waals surface area contributed by atoms with Gasteiger partial charge < -0.3 is 15.2 Å². The van der Waals surface area contributed by atoms with E-state index in [1.54, 1.807) is 19.9 Å². The van der Waals surface area contributed by atoms with Crippen LogP contribution in [0.3, 0.4) is 0 Å². The van der Waals surface area contributed by atoms with E-state index in [9.17, 15) is 8.78 Å². The molecule has 1 aliphatic heterocycles. The van der Waals surface area contributed by atoms with Crippen molar-refractivity contribution < 1.29 is 18.3 Å². The van der Waals surface area contributed by atoms with Gasteiger partial charge in [-0.15, -0.1) is 0 Å². The van der Waals surface area contributed by atoms with Gasteiger partial charge in [0, 0.05) is 24.4 Å². The minimum absolute atomic E-state index is 0.107. The zero-order valence-corrected chi connectivity index (χ0v) is 11.4. The van der Waals surface area contributed by atoms with Gasteiger partial charge in [-0.1, -0.05) is 0 Å². The van der Waals surface area contributed by atoms with E-state index >= 15 is 0 Å². The molecule has 1 aromatic carbocycles. The Morgan fingerprint density at radius 3 is 1.89 bits per heavy atom. The van der Waals surface area contributed by atoms with E-state index in [0.29, 0.717) is 30.3 Å². The Morgan fingerprint density at radius 1 is 1.00 bits per heavy atom. The fourth-order valence-corrected chi connectivity index (χ4v) is 2.11. The summed E-state index contributed by atoms with van der Waals surface area (Å²) >= 11 is 0. The molecule has 0 saturated heterocycles. The summed E-state index contributed by atoms with van der Waals surface area (Å²) in [6, 6.07) is 2.93. The van der Waals surface area contributed by atoms with Gasteiger partial charge in [-0.25, -0.2) is 8.78 Å². The lowest BCUT2D eigenvalue weighted by Crippen LogP contribution is -2.32. The van der Waals surface area contributed by atoms with Crippen molar-refractivity contribution in [2.24, 2.45) is 5.73 Å². The fraction of sp³-hybridized carbons (Fsp3) is 0.571. The van der Waals surface area contributed by atoms with Crippen LogP contribution in [0.5, 0.6) is 11.5 Å². The van der Waals surface area contributed by atoms with Crippen molar-refractivity contribution in [3.05, 3.63) is 23.3 Å². The van der Waals surface area contributed by atoms with E-state index in [0.717, 1.165) is 13.3 Å². The van der Waals surface area contributed by atoms with Gasteiger partial charge in [0.15, 0.2) is 11.5 Å². The highest BCUT2D eigenvalue weighted by atomic mass is 19.3. The summed E-state index contributed by atoms with van der Waals surface area (Å²) in [4.78, 5) is 0. The van der Waals surface area contributed by atoms with Crippen LogP contribution in [-0.2, 0) is 11.5 Å². The molecule has 106 valence electrons. The van der Waals surface area contributed by atoms with E-state index in [4.69, 9.17) is 15.2 Å². The summed E-state index contributed by atoms with van der Waals surface area (Å²) < 4.78 is 38.5. The Morgan fingerprint density at radius 2 is 1.47 bits per heavy atom. The molecule has 0 saturated carbocycles. The van der Waals surface area contributed by atoms with Crippen LogP contribution in [0.15, 0.2) is 12.1 Å². The van der Waals surface area contributed by atoms with Crippen molar-refractivity contribution in [2.45, 2.75) is 38.7 Å². The first-order valence-electron chi connectivity index (χ1n) is 6.31. The number of benzene rings is 1. The third kappa shape index (κ3) is 2.97. The van der Waals surface area contributed by atoms with E-state index in [1.807, 2.05) is 0 Å². The molecular weight excluding hydrogens is 252 g/mol. The first kappa shape index (κ1) is 14.1. The number of nitrogens with two attached hydrogens (primary N) is 1. The number of fused-ring (bicyclic) bond motifs is 1. The van der Waals surface area contributed by atoms with Crippen molar-refractivity contribution in [3.8, 4) is 11.5 Å². The molecular formula is C14H19F2NO2. The Hall–Kier alpha value is -1.36. The van der Waals surface area contributed by atoms with Gasteiger partial charge in [0.05, 0.1) is 13.2 Å². The van der Waals surface area contributed by atoms with Crippen LogP contribution in [0.2, 0.25) is 0 Å². The van der Waals surface area contributed by atoms with Gasteiger partial charge in [0.2, 0.25) is 0 Å². The van der Waals surface area contributed by atoms with E-state index in [2.05, 4.69) is 0 Å². The predicted octanol–water partition coefficient (Wildman–Crippen LogP) is 3.15. The lowest BCUT2D eigenvalue weighted by Gasteiger charge is -2.27. The third-order valence-corrected chi connectivity index (χ3v) is 3.05. The van der Waals surface area contributed by atoms with Crippen LogP contribution in [0.4, 0.5) is 8.78 Å². The number of halogens is 2. The number of ether oxygens (including phenoxy) is 2. The predicted molar refractivity (Wildman–Crippen MR) is 68.8 cm³/mol. The molecule has 5 heteroatoms. The standard InChI is InChI=1S/C14H19F2NO2/c1-13(2,17)9-7-11-12(19-6-4-5-18-11)8-10(9)14(3,15)16/h7-8H,4-6,17H2,1-3H3. The van der Waals surface area contributed by atoms with Crippen LogP contribution in [0.25, 0.3) is 0 Å². The van der Waals surface area contributed by atoms with Crippen molar-refractivity contribution in [2.75, 3.05) is 13.2 Å². The van der Waals surface area contributed by atoms with Crippen molar-refractivity contribution >= 4 is 0 Å². The lowest BCUT2D eigenvalue weighted by atomic mass is 9.88. The maximum Gasteiger partial charge on any atom is 0.270 e. The Balaban J connectivity index is 2.61. The van der Waals surface area contributed by atoms with Crippen LogP contribution in [0.1, 0.15) is 38.3 Å². The number of hydrogen-bond donors (Lipinski definition) is 1. The average molecular weight is 271 g/mol. The highest BCUT2D eigenvalue weighted by Gasteiger charge is 2.34. The minimum Gasteiger partial charge on any atom is -0.490 e. The number of rotatable bonds is 2. The number of alkyl halides is 2. The number of hydrogen-bond acceptors (Lipinski definition) is 3. The summed E-state index contributed by atoms with van der Waals surface area (Å²) in [7, 11) is 0. The molecule has 0 aromatic heterocycles.